The van der Waals surface area contributed by atoms with Gasteiger partial charge in [-0.05, 0) is 31.9 Å². The predicted molar refractivity (Wildman–Crippen MR) is 124 cm³/mol. The van der Waals surface area contributed by atoms with Crippen LogP contribution >= 0.6 is 11.8 Å². The van der Waals surface area contributed by atoms with Crippen molar-refractivity contribution in [3.05, 3.63) is 71.8 Å². The Kier molecular flexibility index (Phi) is 6.46. The van der Waals surface area contributed by atoms with E-state index in [2.05, 4.69) is 16.0 Å². The zero-order chi connectivity index (χ0) is 22.8. The molecule has 0 aromatic heterocycles. The molecule has 2 aliphatic heterocycles. The average Bonchev–Trinajstić information content (AvgIpc) is 3.46. The molecule has 0 aliphatic carbocycles. The van der Waals surface area contributed by atoms with Crippen LogP contribution in [0.3, 0.4) is 0 Å². The van der Waals surface area contributed by atoms with Crippen molar-refractivity contribution in [2.75, 3.05) is 12.3 Å². The van der Waals surface area contributed by atoms with Crippen molar-refractivity contribution in [1.82, 2.24) is 16.0 Å². The summed E-state index contributed by atoms with van der Waals surface area (Å²) in [6.45, 7) is 6.13. The number of amides is 2. The minimum atomic E-state index is -0.921. The first-order valence-electron chi connectivity index (χ1n) is 10.7. The molecule has 0 spiro atoms. The zero-order valence-electron chi connectivity index (χ0n) is 18.5. The topological polar surface area (TPSA) is 92.0 Å². The average molecular weight is 456 g/mol. The van der Waals surface area contributed by atoms with Crippen molar-refractivity contribution in [1.29, 1.82) is 0 Å². The molecule has 2 aliphatic rings. The van der Waals surface area contributed by atoms with Crippen molar-refractivity contribution in [2.45, 2.75) is 49.6 Å². The fraction of sp³-hybridized carbons (Fsp3) is 0.417. The third-order valence-corrected chi connectivity index (χ3v) is 6.62. The first kappa shape index (κ1) is 22.6. The van der Waals surface area contributed by atoms with Crippen molar-refractivity contribution in [2.24, 2.45) is 0 Å². The van der Waals surface area contributed by atoms with Crippen LogP contribution in [0.1, 0.15) is 43.2 Å². The highest BCUT2D eigenvalue weighted by Gasteiger charge is 2.64. The molecule has 32 heavy (non-hydrogen) atoms. The lowest BCUT2D eigenvalue weighted by Crippen LogP contribution is -2.50. The zero-order valence-corrected chi connectivity index (χ0v) is 19.3. The first-order valence-corrected chi connectivity index (χ1v) is 11.8. The van der Waals surface area contributed by atoms with E-state index < -0.39 is 23.5 Å². The fourth-order valence-corrected chi connectivity index (χ4v) is 5.12. The number of alkyl carbamates (subject to hydrolysis) is 1. The van der Waals surface area contributed by atoms with E-state index in [1.807, 2.05) is 48.5 Å². The number of carbonyl (C=O) groups is 2. The summed E-state index contributed by atoms with van der Waals surface area (Å²) < 4.78 is 11.4. The summed E-state index contributed by atoms with van der Waals surface area (Å²) in [6.07, 6.45) is -0.940. The highest BCUT2D eigenvalue weighted by molar-refractivity contribution is 7.99. The molecule has 2 fully saturated rings. The van der Waals surface area contributed by atoms with Crippen LogP contribution in [0.25, 0.3) is 0 Å². The van der Waals surface area contributed by atoms with Crippen molar-refractivity contribution in [3.8, 4) is 0 Å². The molecule has 2 amide bonds. The van der Waals surface area contributed by atoms with Crippen molar-refractivity contribution in [3.63, 3.8) is 0 Å². The fourth-order valence-electron chi connectivity index (χ4n) is 3.81. The number of hydrogen-bond donors (Lipinski definition) is 3. The van der Waals surface area contributed by atoms with E-state index >= 15 is 0 Å². The SMILES string of the molecule is CC(C)(C)OC(=O)N[C@H](C(=O)NC12OC1NCCSC2c1ccccc1)c1ccccc1. The number of carbonyl (C=O) groups excluding carboxylic acids is 2. The normalized spacial score (nSPS) is 25.6. The van der Waals surface area contributed by atoms with Gasteiger partial charge in [-0.1, -0.05) is 60.7 Å². The van der Waals surface area contributed by atoms with Gasteiger partial charge in [-0.3, -0.25) is 10.1 Å². The summed E-state index contributed by atoms with van der Waals surface area (Å²) in [5, 5.41) is 9.11. The molecule has 7 nitrogen and oxygen atoms in total. The van der Waals surface area contributed by atoms with Crippen LogP contribution in [-0.4, -0.2) is 41.9 Å². The standard InChI is InChI=1S/C24H29N3O4S/c1-23(2,3)31-22(29)26-18(16-10-6-4-7-11-16)20(28)27-24-19(17-12-8-5-9-13-17)32-15-14-25-21(24)30-24/h4-13,18-19,21,25H,14-15H2,1-3H3,(H,26,29)(H,27,28)/t18-,19?,21?,24?/m0/s1. The summed E-state index contributed by atoms with van der Waals surface area (Å²) in [4.78, 5) is 26.0. The van der Waals surface area contributed by atoms with Crippen LogP contribution in [0.2, 0.25) is 0 Å². The molecular formula is C24H29N3O4S. The minimum Gasteiger partial charge on any atom is -0.444 e. The molecule has 170 valence electrons. The third-order valence-electron chi connectivity index (χ3n) is 5.23. The number of thioether (sulfide) groups is 1. The Bertz CT molecular complexity index is 951. The summed E-state index contributed by atoms with van der Waals surface area (Å²) >= 11 is 1.74. The van der Waals surface area contributed by atoms with Gasteiger partial charge in [0, 0.05) is 12.3 Å². The van der Waals surface area contributed by atoms with Gasteiger partial charge in [0.2, 0.25) is 5.91 Å². The summed E-state index contributed by atoms with van der Waals surface area (Å²) in [6, 6.07) is 18.2. The Hall–Kier alpha value is -2.55. The van der Waals surface area contributed by atoms with Gasteiger partial charge in [-0.15, -0.1) is 11.8 Å². The summed E-state index contributed by atoms with van der Waals surface area (Å²) in [7, 11) is 0. The number of nitrogens with one attached hydrogen (secondary N) is 3. The van der Waals surface area contributed by atoms with Crippen LogP contribution in [0.5, 0.6) is 0 Å². The number of ether oxygens (including phenoxy) is 2. The highest BCUT2D eigenvalue weighted by Crippen LogP contribution is 2.52. The number of epoxide rings is 1. The number of hydrogen-bond acceptors (Lipinski definition) is 6. The van der Waals surface area contributed by atoms with E-state index in [1.54, 1.807) is 44.7 Å². The summed E-state index contributed by atoms with van der Waals surface area (Å²) in [5.74, 6) is 0.546. The monoisotopic (exact) mass is 455 g/mol. The molecule has 4 rings (SSSR count). The molecule has 2 aromatic carbocycles. The molecule has 2 heterocycles. The summed E-state index contributed by atoms with van der Waals surface area (Å²) in [5.41, 5.74) is 0.184. The number of fused-ring (bicyclic) bond motifs is 1. The molecule has 8 heteroatoms. The van der Waals surface area contributed by atoms with Gasteiger partial charge in [-0.2, -0.15) is 0 Å². The van der Waals surface area contributed by atoms with Gasteiger partial charge in [0.15, 0.2) is 12.0 Å². The van der Waals surface area contributed by atoms with Gasteiger partial charge in [0.25, 0.3) is 0 Å². The second-order valence-corrected chi connectivity index (χ2v) is 10.1. The lowest BCUT2D eigenvalue weighted by atomic mass is 10.0. The van der Waals surface area contributed by atoms with Gasteiger partial charge < -0.3 is 20.1 Å². The minimum absolute atomic E-state index is 0.0781. The Labute approximate surface area is 192 Å². The van der Waals surface area contributed by atoms with Crippen LogP contribution in [-0.2, 0) is 14.3 Å². The largest absolute Gasteiger partial charge is 0.444 e. The molecule has 0 radical (unpaired) electrons. The molecule has 4 atom stereocenters. The Morgan fingerprint density at radius 2 is 1.78 bits per heavy atom. The molecule has 3 N–H and O–H groups in total. The molecule has 0 saturated carbocycles. The maximum absolute atomic E-state index is 13.5. The molecule has 2 saturated heterocycles. The lowest BCUT2D eigenvalue weighted by molar-refractivity contribution is -0.125. The Morgan fingerprint density at radius 3 is 2.44 bits per heavy atom. The molecule has 0 bridgehead atoms. The van der Waals surface area contributed by atoms with E-state index in [4.69, 9.17) is 9.47 Å². The van der Waals surface area contributed by atoms with E-state index in [0.29, 0.717) is 5.56 Å². The van der Waals surface area contributed by atoms with Gasteiger partial charge >= 0.3 is 6.09 Å². The quantitative estimate of drug-likeness (QED) is 0.598. The van der Waals surface area contributed by atoms with Crippen LogP contribution in [0, 0.1) is 0 Å². The Balaban J connectivity index is 1.58. The van der Waals surface area contributed by atoms with E-state index in [0.717, 1.165) is 17.9 Å². The van der Waals surface area contributed by atoms with Crippen molar-refractivity contribution >= 4 is 23.8 Å². The number of rotatable bonds is 5. The van der Waals surface area contributed by atoms with Crippen LogP contribution in [0.15, 0.2) is 60.7 Å². The third kappa shape index (κ3) is 5.09. The first-order chi connectivity index (χ1) is 15.3. The maximum Gasteiger partial charge on any atom is 0.408 e. The van der Waals surface area contributed by atoms with Gasteiger partial charge in [0.05, 0.1) is 5.25 Å². The van der Waals surface area contributed by atoms with E-state index in [1.165, 1.54) is 0 Å². The van der Waals surface area contributed by atoms with E-state index in [-0.39, 0.29) is 17.4 Å². The van der Waals surface area contributed by atoms with Gasteiger partial charge in [-0.25, -0.2) is 4.79 Å². The molecule has 2 aromatic rings. The van der Waals surface area contributed by atoms with E-state index in [9.17, 15) is 9.59 Å². The second-order valence-electron chi connectivity index (χ2n) is 8.89. The predicted octanol–water partition coefficient (Wildman–Crippen LogP) is 3.50. The van der Waals surface area contributed by atoms with Crippen LogP contribution in [0.4, 0.5) is 4.79 Å². The highest BCUT2D eigenvalue weighted by atomic mass is 32.2. The number of benzene rings is 2. The maximum atomic E-state index is 13.5. The van der Waals surface area contributed by atoms with Crippen molar-refractivity contribution < 1.29 is 19.1 Å². The van der Waals surface area contributed by atoms with Crippen LogP contribution < -0.4 is 16.0 Å². The second kappa shape index (κ2) is 9.13. The molecule has 3 unspecified atom stereocenters. The van der Waals surface area contributed by atoms with Gasteiger partial charge in [0.1, 0.15) is 11.6 Å². The molecular weight excluding hydrogens is 426 g/mol. The smallest absolute Gasteiger partial charge is 0.408 e. The Morgan fingerprint density at radius 1 is 1.12 bits per heavy atom. The lowest BCUT2D eigenvalue weighted by Gasteiger charge is -2.28.